The summed E-state index contributed by atoms with van der Waals surface area (Å²) >= 11 is 0. The minimum Gasteiger partial charge on any atom is -0.444 e. The molecule has 41 heavy (non-hydrogen) atoms. The van der Waals surface area contributed by atoms with E-state index in [0.29, 0.717) is 17.7 Å². The topological polar surface area (TPSA) is 131 Å². The molecule has 9 heteroatoms. The summed E-state index contributed by atoms with van der Waals surface area (Å²) in [4.78, 5) is 54.7. The van der Waals surface area contributed by atoms with E-state index < -0.39 is 35.6 Å². The molecule has 0 bridgehead atoms. The molecule has 222 valence electrons. The van der Waals surface area contributed by atoms with E-state index in [1.54, 1.807) is 25.7 Å². The van der Waals surface area contributed by atoms with Gasteiger partial charge in [0.25, 0.3) is 5.91 Å². The molecule has 1 saturated carbocycles. The molecule has 4 amide bonds. The Morgan fingerprint density at radius 2 is 1.63 bits per heavy atom. The number of carbonyl (C=O) groups is 4. The fourth-order valence-electron chi connectivity index (χ4n) is 5.10. The number of carbonyl (C=O) groups excluding carboxylic acids is 4. The molecule has 9 nitrogen and oxygen atoms in total. The van der Waals surface area contributed by atoms with Gasteiger partial charge in [0.2, 0.25) is 11.8 Å². The van der Waals surface area contributed by atoms with Gasteiger partial charge in [-0.3, -0.25) is 14.4 Å². The number of nitrogens with one attached hydrogen (secondary N) is 2. The Labute approximate surface area is 243 Å². The summed E-state index contributed by atoms with van der Waals surface area (Å²) in [6.45, 7) is 14.9. The zero-order chi connectivity index (χ0) is 30.6. The van der Waals surface area contributed by atoms with Crippen molar-refractivity contribution in [3.05, 3.63) is 64.2 Å². The monoisotopic (exact) mass is 564 g/mol. The Morgan fingerprint density at radius 3 is 2.15 bits per heavy atom. The lowest BCUT2D eigenvalue weighted by molar-refractivity contribution is -0.142. The average Bonchev–Trinajstić information content (AvgIpc) is 3.57. The van der Waals surface area contributed by atoms with E-state index in [0.717, 1.165) is 22.3 Å². The van der Waals surface area contributed by atoms with Gasteiger partial charge in [0.1, 0.15) is 17.7 Å². The normalized spacial score (nSPS) is 17.7. The summed E-state index contributed by atoms with van der Waals surface area (Å²) in [5.74, 6) is -1.27. The number of hydrogen-bond acceptors (Lipinski definition) is 5. The predicted molar refractivity (Wildman–Crippen MR) is 159 cm³/mol. The second-order valence-electron chi connectivity index (χ2n) is 12.2. The SMILES string of the molecule is Cc1ccc(C(C(=O)Nc2c(C)cccc2C)N(C(=O)C(CCC(N)=O)NC(=O)OC(C)(C)C)C2CC2C)c(C)c1. The van der Waals surface area contributed by atoms with Gasteiger partial charge >= 0.3 is 6.09 Å². The van der Waals surface area contributed by atoms with E-state index in [9.17, 15) is 19.2 Å². The highest BCUT2D eigenvalue weighted by Gasteiger charge is 2.48. The van der Waals surface area contributed by atoms with E-state index in [1.807, 2.05) is 71.0 Å². The second kappa shape index (κ2) is 12.7. The third-order valence-electron chi connectivity index (χ3n) is 7.32. The highest BCUT2D eigenvalue weighted by atomic mass is 16.6. The molecule has 1 aliphatic rings. The van der Waals surface area contributed by atoms with Crippen molar-refractivity contribution in [3.8, 4) is 0 Å². The molecular weight excluding hydrogens is 520 g/mol. The van der Waals surface area contributed by atoms with E-state index in [-0.39, 0.29) is 30.7 Å². The zero-order valence-corrected chi connectivity index (χ0v) is 25.5. The van der Waals surface area contributed by atoms with Crippen molar-refractivity contribution < 1.29 is 23.9 Å². The number of para-hydroxylation sites is 1. The van der Waals surface area contributed by atoms with E-state index in [4.69, 9.17) is 10.5 Å². The predicted octanol–water partition coefficient (Wildman–Crippen LogP) is 5.00. The number of ether oxygens (including phenoxy) is 1. The first-order valence-corrected chi connectivity index (χ1v) is 14.1. The first kappa shape index (κ1) is 31.6. The molecule has 4 N–H and O–H groups in total. The third kappa shape index (κ3) is 8.31. The van der Waals surface area contributed by atoms with E-state index >= 15 is 0 Å². The number of anilines is 1. The van der Waals surface area contributed by atoms with Crippen molar-refractivity contribution in [1.29, 1.82) is 0 Å². The fourth-order valence-corrected chi connectivity index (χ4v) is 5.10. The minimum atomic E-state index is -1.12. The van der Waals surface area contributed by atoms with Crippen LogP contribution in [0.4, 0.5) is 10.5 Å². The number of nitrogens with two attached hydrogens (primary N) is 1. The van der Waals surface area contributed by atoms with Crippen LogP contribution in [0.5, 0.6) is 0 Å². The molecule has 0 spiro atoms. The summed E-state index contributed by atoms with van der Waals surface area (Å²) in [5, 5.41) is 5.75. The lowest BCUT2D eigenvalue weighted by Crippen LogP contribution is -2.53. The fraction of sp³-hybridized carbons (Fsp3) is 0.500. The van der Waals surface area contributed by atoms with Gasteiger partial charge in [0.05, 0.1) is 0 Å². The molecular formula is C32H44N4O5. The smallest absolute Gasteiger partial charge is 0.408 e. The van der Waals surface area contributed by atoms with Crippen molar-refractivity contribution in [2.24, 2.45) is 11.7 Å². The average molecular weight is 565 g/mol. The number of primary amides is 1. The molecule has 1 fully saturated rings. The standard InChI is InChI=1S/C32H44N4O5/c1-18-12-13-23(21(4)16-18)28(29(38)35-27-19(2)10-9-11-20(27)3)36(25-17-22(25)5)30(39)24(14-15-26(33)37)34-31(40)41-32(6,7)8/h9-13,16,22,24-25,28H,14-15,17H2,1-8H3,(H2,33,37)(H,34,40)(H,35,38). The zero-order valence-electron chi connectivity index (χ0n) is 25.5. The molecule has 0 heterocycles. The molecule has 1 aliphatic carbocycles. The number of nitrogens with zero attached hydrogens (tertiary/aromatic N) is 1. The first-order chi connectivity index (χ1) is 19.1. The van der Waals surface area contributed by atoms with Crippen LogP contribution in [0.25, 0.3) is 0 Å². The van der Waals surface area contributed by atoms with Crippen LogP contribution in [0, 0.1) is 33.6 Å². The third-order valence-corrected chi connectivity index (χ3v) is 7.32. The Kier molecular flexibility index (Phi) is 9.84. The molecule has 4 unspecified atom stereocenters. The molecule has 0 aromatic heterocycles. The summed E-state index contributed by atoms with van der Waals surface area (Å²) in [6, 6.07) is 9.23. The minimum absolute atomic E-state index is 0.0247. The second-order valence-corrected chi connectivity index (χ2v) is 12.2. The van der Waals surface area contributed by atoms with Gasteiger partial charge < -0.3 is 26.0 Å². The maximum atomic E-state index is 14.4. The number of benzene rings is 2. The highest BCUT2D eigenvalue weighted by molar-refractivity contribution is 6.00. The van der Waals surface area contributed by atoms with Crippen LogP contribution in [0.2, 0.25) is 0 Å². The highest BCUT2D eigenvalue weighted by Crippen LogP contribution is 2.42. The number of rotatable bonds is 10. The van der Waals surface area contributed by atoms with Crippen molar-refractivity contribution in [3.63, 3.8) is 0 Å². The summed E-state index contributed by atoms with van der Waals surface area (Å²) < 4.78 is 5.42. The Morgan fingerprint density at radius 1 is 1.02 bits per heavy atom. The van der Waals surface area contributed by atoms with Crippen LogP contribution in [-0.2, 0) is 19.1 Å². The van der Waals surface area contributed by atoms with Gasteiger partial charge in [0, 0.05) is 18.2 Å². The van der Waals surface area contributed by atoms with Crippen LogP contribution in [0.1, 0.15) is 80.8 Å². The summed E-state index contributed by atoms with van der Waals surface area (Å²) in [7, 11) is 0. The van der Waals surface area contributed by atoms with E-state index in [1.165, 1.54) is 0 Å². The van der Waals surface area contributed by atoms with Gasteiger partial charge in [-0.15, -0.1) is 0 Å². The molecule has 0 aliphatic heterocycles. The maximum Gasteiger partial charge on any atom is 0.408 e. The van der Waals surface area contributed by atoms with Crippen LogP contribution in [-0.4, -0.2) is 46.4 Å². The van der Waals surface area contributed by atoms with Gasteiger partial charge in [-0.05, 0) is 89.5 Å². The first-order valence-electron chi connectivity index (χ1n) is 14.1. The molecule has 0 radical (unpaired) electrons. The van der Waals surface area contributed by atoms with Crippen molar-refractivity contribution in [2.45, 2.75) is 98.4 Å². The molecule has 4 atom stereocenters. The Hall–Kier alpha value is -3.88. The summed E-state index contributed by atoms with van der Waals surface area (Å²) in [6.07, 6.45) is -0.224. The summed E-state index contributed by atoms with van der Waals surface area (Å²) in [5.41, 5.74) is 9.72. The van der Waals surface area contributed by atoms with Gasteiger partial charge in [-0.1, -0.05) is 48.9 Å². The van der Waals surface area contributed by atoms with Crippen molar-refractivity contribution in [2.75, 3.05) is 5.32 Å². The molecule has 0 saturated heterocycles. The number of amides is 4. The quantitative estimate of drug-likeness (QED) is 0.374. The molecule has 3 rings (SSSR count). The number of aryl methyl sites for hydroxylation is 4. The van der Waals surface area contributed by atoms with Gasteiger partial charge in [-0.25, -0.2) is 4.79 Å². The largest absolute Gasteiger partial charge is 0.444 e. The lowest BCUT2D eigenvalue weighted by atomic mass is 9.95. The van der Waals surface area contributed by atoms with Crippen LogP contribution in [0.3, 0.4) is 0 Å². The van der Waals surface area contributed by atoms with Crippen LogP contribution < -0.4 is 16.4 Å². The molecule has 2 aromatic carbocycles. The number of alkyl carbamates (subject to hydrolysis) is 1. The number of hydrogen-bond donors (Lipinski definition) is 3. The van der Waals surface area contributed by atoms with Crippen LogP contribution >= 0.6 is 0 Å². The van der Waals surface area contributed by atoms with Crippen LogP contribution in [0.15, 0.2) is 36.4 Å². The van der Waals surface area contributed by atoms with E-state index in [2.05, 4.69) is 10.6 Å². The van der Waals surface area contributed by atoms with Gasteiger partial charge in [-0.2, -0.15) is 0 Å². The Balaban J connectivity index is 2.09. The van der Waals surface area contributed by atoms with Gasteiger partial charge in [0.15, 0.2) is 0 Å². The molecule has 2 aromatic rings. The van der Waals surface area contributed by atoms with Crippen molar-refractivity contribution in [1.82, 2.24) is 10.2 Å². The van der Waals surface area contributed by atoms with Crippen molar-refractivity contribution >= 4 is 29.5 Å². The lowest BCUT2D eigenvalue weighted by Gasteiger charge is -2.36. The maximum absolute atomic E-state index is 14.4. The Bertz CT molecular complexity index is 1300.